The number of alkyl halides is 5. The fraction of sp³-hybridized carbons (Fsp3) is 0.500. The number of aromatic nitrogens is 4. The van der Waals surface area contributed by atoms with Crippen LogP contribution in [-0.4, -0.2) is 55.2 Å². The molecule has 3 heterocycles. The molecule has 10 nitrogen and oxygen atoms in total. The Morgan fingerprint density at radius 3 is 2.63 bits per heavy atom. The van der Waals surface area contributed by atoms with Gasteiger partial charge >= 0.3 is 6.18 Å². The number of imidazole rings is 1. The molecular formula is C26H29F5N6O4. The summed E-state index contributed by atoms with van der Waals surface area (Å²) in [5.74, 6) is -4.40. The lowest BCUT2D eigenvalue weighted by molar-refractivity contribution is -0.145. The zero-order valence-corrected chi connectivity index (χ0v) is 22.0. The first kappa shape index (κ1) is 30.1. The lowest BCUT2D eigenvalue weighted by Gasteiger charge is -2.33. The van der Waals surface area contributed by atoms with Crippen molar-refractivity contribution in [2.24, 2.45) is 5.92 Å². The van der Waals surface area contributed by atoms with Gasteiger partial charge in [-0.3, -0.25) is 9.59 Å². The van der Waals surface area contributed by atoms with Gasteiger partial charge in [-0.25, -0.2) is 23.3 Å². The number of nitrogens with zero attached hydrogens (tertiary/aromatic N) is 4. The van der Waals surface area contributed by atoms with Gasteiger partial charge in [-0.15, -0.1) is 0 Å². The summed E-state index contributed by atoms with van der Waals surface area (Å²) >= 11 is 0. The summed E-state index contributed by atoms with van der Waals surface area (Å²) in [6.45, 7) is 2.12. The Morgan fingerprint density at radius 2 is 1.95 bits per heavy atom. The minimum absolute atomic E-state index is 0.0631. The number of fused-ring (bicyclic) bond motifs is 1. The maximum absolute atomic E-state index is 13.9. The molecule has 0 saturated heterocycles. The van der Waals surface area contributed by atoms with Gasteiger partial charge in [0.2, 0.25) is 17.7 Å². The lowest BCUT2D eigenvalue weighted by atomic mass is 9.81. The summed E-state index contributed by atoms with van der Waals surface area (Å²) in [4.78, 5) is 33.5. The molecule has 3 aromatic heterocycles. The molecule has 0 spiro atoms. The standard InChI is InChI=1S/C26H29F5N6O4/c1-2-41-21-12-16(6-10-32-21)23(39)36-22(15-3-7-25(27,28)8-4-15)18-14-37-19(34-18)11-17(13-33-37)24(40)35-20(38)5-9-26(29,30)31/h6,10-15,22,24,40H,2-5,7-9H2,1H3,(H,35,38)(H,36,39)/t22-,24+/m0/s1. The van der Waals surface area contributed by atoms with Gasteiger partial charge in [-0.1, -0.05) is 0 Å². The molecule has 15 heteroatoms. The van der Waals surface area contributed by atoms with Gasteiger partial charge in [0.05, 0.1) is 37.2 Å². The van der Waals surface area contributed by atoms with Crippen molar-refractivity contribution in [1.82, 2.24) is 30.2 Å². The molecule has 3 N–H and O–H groups in total. The number of ether oxygens (including phenoxy) is 1. The fourth-order valence-corrected chi connectivity index (χ4v) is 4.60. The van der Waals surface area contributed by atoms with E-state index in [0.29, 0.717) is 12.3 Å². The van der Waals surface area contributed by atoms with Gasteiger partial charge in [0.1, 0.15) is 0 Å². The van der Waals surface area contributed by atoms with E-state index in [1.807, 2.05) is 0 Å². The summed E-state index contributed by atoms with van der Waals surface area (Å²) in [5, 5.41) is 19.4. The number of nitrogens with one attached hydrogen (secondary N) is 2. The van der Waals surface area contributed by atoms with Crippen molar-refractivity contribution in [2.75, 3.05) is 6.61 Å². The molecule has 0 radical (unpaired) electrons. The van der Waals surface area contributed by atoms with Crippen LogP contribution in [0.3, 0.4) is 0 Å². The molecule has 41 heavy (non-hydrogen) atoms. The SMILES string of the molecule is CCOc1cc(C(=O)N[C@H](c2cn3ncc([C@@H](O)NC(=O)CCC(F)(F)F)cc3n2)C2CCC(F)(F)CC2)ccn1. The van der Waals surface area contributed by atoms with E-state index in [-0.39, 0.29) is 54.3 Å². The molecule has 4 rings (SSSR count). The number of amides is 2. The molecule has 1 aliphatic rings. The summed E-state index contributed by atoms with van der Waals surface area (Å²) in [5.41, 5.74) is 0.848. The summed E-state index contributed by atoms with van der Waals surface area (Å²) in [6.07, 6.45) is -4.63. The predicted molar refractivity (Wildman–Crippen MR) is 134 cm³/mol. The molecule has 0 aliphatic heterocycles. The van der Waals surface area contributed by atoms with E-state index < -0.39 is 49.0 Å². The van der Waals surface area contributed by atoms with Gasteiger partial charge in [0.25, 0.3) is 5.91 Å². The van der Waals surface area contributed by atoms with E-state index in [1.54, 1.807) is 6.92 Å². The Labute approximate surface area is 231 Å². The predicted octanol–water partition coefficient (Wildman–Crippen LogP) is 4.27. The first-order valence-corrected chi connectivity index (χ1v) is 13.0. The summed E-state index contributed by atoms with van der Waals surface area (Å²) in [7, 11) is 0. The number of aliphatic hydroxyl groups excluding tert-OH is 1. The maximum atomic E-state index is 13.9. The third kappa shape index (κ3) is 8.08. The van der Waals surface area contributed by atoms with E-state index in [2.05, 4.69) is 25.7 Å². The van der Waals surface area contributed by atoms with Crippen molar-refractivity contribution in [3.63, 3.8) is 0 Å². The zero-order valence-electron chi connectivity index (χ0n) is 22.0. The lowest BCUT2D eigenvalue weighted by Crippen LogP contribution is -2.37. The van der Waals surface area contributed by atoms with Gasteiger partial charge < -0.3 is 20.5 Å². The molecule has 0 bridgehead atoms. The van der Waals surface area contributed by atoms with Crippen molar-refractivity contribution in [1.29, 1.82) is 0 Å². The highest BCUT2D eigenvalue weighted by molar-refractivity contribution is 5.94. The van der Waals surface area contributed by atoms with Crippen LogP contribution in [-0.2, 0) is 4.79 Å². The minimum Gasteiger partial charge on any atom is -0.478 e. The highest BCUT2D eigenvalue weighted by Gasteiger charge is 2.39. The van der Waals surface area contributed by atoms with E-state index in [0.717, 1.165) is 0 Å². The second-order valence-corrected chi connectivity index (χ2v) is 9.80. The van der Waals surface area contributed by atoms with E-state index in [4.69, 9.17) is 4.74 Å². The van der Waals surface area contributed by atoms with Crippen LogP contribution < -0.4 is 15.4 Å². The normalized spacial score (nSPS) is 17.1. The Hall–Kier alpha value is -3.88. The van der Waals surface area contributed by atoms with Gasteiger partial charge in [-0.05, 0) is 37.8 Å². The van der Waals surface area contributed by atoms with Crippen LogP contribution in [0.4, 0.5) is 22.0 Å². The molecule has 1 aliphatic carbocycles. The quantitative estimate of drug-likeness (QED) is 0.240. The number of carbonyl (C=O) groups is 2. The molecule has 1 fully saturated rings. The highest BCUT2D eigenvalue weighted by Crippen LogP contribution is 2.41. The Morgan fingerprint density at radius 1 is 1.22 bits per heavy atom. The van der Waals surface area contributed by atoms with Crippen molar-refractivity contribution in [3.05, 3.63) is 53.6 Å². The number of rotatable bonds is 10. The smallest absolute Gasteiger partial charge is 0.389 e. The second-order valence-electron chi connectivity index (χ2n) is 9.80. The Balaban J connectivity index is 1.56. The second kappa shape index (κ2) is 12.3. The number of hydrogen-bond donors (Lipinski definition) is 3. The molecule has 0 aromatic carbocycles. The Bertz CT molecular complexity index is 1370. The largest absolute Gasteiger partial charge is 0.478 e. The van der Waals surface area contributed by atoms with E-state index in [1.165, 1.54) is 41.3 Å². The summed E-state index contributed by atoms with van der Waals surface area (Å²) in [6, 6.07) is 3.56. The maximum Gasteiger partial charge on any atom is 0.389 e. The van der Waals surface area contributed by atoms with Gasteiger partial charge in [0.15, 0.2) is 11.9 Å². The van der Waals surface area contributed by atoms with Gasteiger partial charge in [0, 0.05) is 42.7 Å². The molecule has 2 amide bonds. The van der Waals surface area contributed by atoms with Crippen LogP contribution in [0.5, 0.6) is 5.88 Å². The van der Waals surface area contributed by atoms with Crippen LogP contribution in [0.2, 0.25) is 0 Å². The average Bonchev–Trinajstić information content (AvgIpc) is 3.34. The third-order valence-electron chi connectivity index (χ3n) is 6.74. The molecule has 0 unspecified atom stereocenters. The Kier molecular flexibility index (Phi) is 9.05. The third-order valence-corrected chi connectivity index (χ3v) is 6.74. The average molecular weight is 585 g/mol. The van der Waals surface area contributed by atoms with Crippen molar-refractivity contribution >= 4 is 17.5 Å². The number of aliphatic hydroxyl groups is 1. The number of hydrogen-bond acceptors (Lipinski definition) is 7. The van der Waals surface area contributed by atoms with Crippen molar-refractivity contribution < 1.29 is 41.4 Å². The van der Waals surface area contributed by atoms with Gasteiger partial charge in [-0.2, -0.15) is 18.3 Å². The molecule has 2 atom stereocenters. The van der Waals surface area contributed by atoms with Crippen molar-refractivity contribution in [3.8, 4) is 5.88 Å². The topological polar surface area (TPSA) is 131 Å². The van der Waals surface area contributed by atoms with Crippen LogP contribution in [0.25, 0.3) is 5.65 Å². The van der Waals surface area contributed by atoms with Crippen LogP contribution in [0, 0.1) is 5.92 Å². The molecule has 222 valence electrons. The van der Waals surface area contributed by atoms with Crippen LogP contribution in [0.1, 0.15) is 79.3 Å². The zero-order chi connectivity index (χ0) is 29.8. The number of halogens is 5. The minimum atomic E-state index is -4.52. The monoisotopic (exact) mass is 584 g/mol. The summed E-state index contributed by atoms with van der Waals surface area (Å²) < 4.78 is 71.7. The molecule has 3 aromatic rings. The number of carbonyl (C=O) groups excluding carboxylic acids is 2. The first-order valence-electron chi connectivity index (χ1n) is 13.0. The molecular weight excluding hydrogens is 555 g/mol. The van der Waals surface area contributed by atoms with Crippen LogP contribution >= 0.6 is 0 Å². The highest BCUT2D eigenvalue weighted by atomic mass is 19.4. The first-order chi connectivity index (χ1) is 19.3. The molecule has 1 saturated carbocycles. The van der Waals surface area contributed by atoms with Crippen molar-refractivity contribution in [2.45, 2.75) is 69.8 Å². The van der Waals surface area contributed by atoms with E-state index >= 15 is 0 Å². The number of pyridine rings is 1. The van der Waals surface area contributed by atoms with E-state index in [9.17, 15) is 36.6 Å². The fourth-order valence-electron chi connectivity index (χ4n) is 4.60. The van der Waals surface area contributed by atoms with Crippen LogP contribution in [0.15, 0.2) is 36.8 Å².